The minimum Gasteiger partial charge on any atom is -0.369 e. The zero-order chi connectivity index (χ0) is 8.32. The molecule has 0 N–H and O–H groups in total. The first-order valence-electron chi connectivity index (χ1n) is 4.19. The summed E-state index contributed by atoms with van der Waals surface area (Å²) in [7, 11) is 0. The predicted octanol–water partition coefficient (Wildman–Crippen LogP) is 2.56. The van der Waals surface area contributed by atoms with Gasteiger partial charge in [-0.25, -0.2) is 0 Å². The van der Waals surface area contributed by atoms with Gasteiger partial charge in [-0.05, 0) is 33.4 Å². The smallest absolute Gasteiger partial charge is 0.0359 e. The first-order chi connectivity index (χ1) is 5.11. The molecule has 1 rings (SSSR count). The molecule has 0 radical (unpaired) electrons. The van der Waals surface area contributed by atoms with Crippen molar-refractivity contribution in [2.24, 2.45) is 0 Å². The third-order valence-corrected chi connectivity index (χ3v) is 1.89. The molecule has 0 saturated heterocycles. The molecule has 1 heteroatoms. The predicted molar refractivity (Wildman–Crippen MR) is 49.4 cm³/mol. The van der Waals surface area contributed by atoms with E-state index in [9.17, 15) is 0 Å². The Morgan fingerprint density at radius 3 is 2.45 bits per heavy atom. The highest BCUT2D eigenvalue weighted by molar-refractivity contribution is 5.02. The molecule has 11 heavy (non-hydrogen) atoms. The van der Waals surface area contributed by atoms with Crippen LogP contribution in [0, 0.1) is 0 Å². The van der Waals surface area contributed by atoms with Gasteiger partial charge in [-0.2, -0.15) is 0 Å². The summed E-state index contributed by atoms with van der Waals surface area (Å²) in [6.07, 6.45) is 9.91. The highest BCUT2D eigenvalue weighted by Gasteiger charge is 2.16. The second-order valence-corrected chi connectivity index (χ2v) is 3.92. The van der Waals surface area contributed by atoms with Gasteiger partial charge in [0.1, 0.15) is 0 Å². The standard InChI is InChI=1S/C10H17N/c1-10(2,3)11-8-6-4-5-7-9-11/h4,6-7,9H,5,8H2,1-3H3. The fraction of sp³-hybridized carbons (Fsp3) is 0.600. The number of allylic oxidation sites excluding steroid dienone is 2. The van der Waals surface area contributed by atoms with E-state index in [0.29, 0.717) is 0 Å². The van der Waals surface area contributed by atoms with Crippen LogP contribution in [0.4, 0.5) is 0 Å². The molecule has 0 aliphatic carbocycles. The Morgan fingerprint density at radius 2 is 1.82 bits per heavy atom. The molecule has 0 aromatic carbocycles. The Kier molecular flexibility index (Phi) is 2.38. The number of hydrogen-bond acceptors (Lipinski definition) is 1. The topological polar surface area (TPSA) is 3.24 Å². The van der Waals surface area contributed by atoms with Gasteiger partial charge in [0.15, 0.2) is 0 Å². The number of hydrogen-bond donors (Lipinski definition) is 0. The zero-order valence-electron chi connectivity index (χ0n) is 7.67. The summed E-state index contributed by atoms with van der Waals surface area (Å²) in [5.41, 5.74) is 0.255. The Balaban J connectivity index is 2.64. The maximum absolute atomic E-state index is 2.34. The Morgan fingerprint density at radius 1 is 1.09 bits per heavy atom. The molecule has 1 heterocycles. The molecule has 0 atom stereocenters. The van der Waals surface area contributed by atoms with E-state index in [1.54, 1.807) is 0 Å². The van der Waals surface area contributed by atoms with E-state index < -0.39 is 0 Å². The molecule has 0 bridgehead atoms. The van der Waals surface area contributed by atoms with Crippen LogP contribution >= 0.6 is 0 Å². The summed E-state index contributed by atoms with van der Waals surface area (Å²) in [5, 5.41) is 0. The molecule has 1 nitrogen and oxygen atoms in total. The maximum Gasteiger partial charge on any atom is 0.0359 e. The molecule has 1 aliphatic heterocycles. The van der Waals surface area contributed by atoms with Gasteiger partial charge in [0.05, 0.1) is 0 Å². The van der Waals surface area contributed by atoms with Crippen molar-refractivity contribution >= 4 is 0 Å². The van der Waals surface area contributed by atoms with Gasteiger partial charge in [-0.1, -0.05) is 18.2 Å². The first kappa shape index (κ1) is 8.38. The van der Waals surface area contributed by atoms with Crippen LogP contribution in [0.2, 0.25) is 0 Å². The lowest BCUT2D eigenvalue weighted by Gasteiger charge is -2.33. The van der Waals surface area contributed by atoms with Gasteiger partial charge in [-0.15, -0.1) is 0 Å². The van der Waals surface area contributed by atoms with Gasteiger partial charge >= 0.3 is 0 Å². The minimum absolute atomic E-state index is 0.255. The van der Waals surface area contributed by atoms with Crippen molar-refractivity contribution in [2.75, 3.05) is 6.54 Å². The highest BCUT2D eigenvalue weighted by Crippen LogP contribution is 2.15. The summed E-state index contributed by atoms with van der Waals surface area (Å²) in [4.78, 5) is 2.34. The van der Waals surface area contributed by atoms with Crippen LogP contribution in [-0.4, -0.2) is 17.0 Å². The molecule has 0 aromatic rings. The summed E-state index contributed by atoms with van der Waals surface area (Å²) in [6.45, 7) is 7.74. The molecule has 62 valence electrons. The van der Waals surface area contributed by atoms with E-state index in [1.165, 1.54) is 0 Å². The minimum atomic E-state index is 0.255. The molecule has 0 unspecified atom stereocenters. The van der Waals surface area contributed by atoms with Gasteiger partial charge in [0.2, 0.25) is 0 Å². The molecular weight excluding hydrogens is 134 g/mol. The number of rotatable bonds is 0. The van der Waals surface area contributed by atoms with E-state index in [2.05, 4.69) is 50.1 Å². The Labute approximate surface area is 69.4 Å². The normalized spacial score (nSPS) is 18.6. The third kappa shape index (κ3) is 2.41. The van der Waals surface area contributed by atoms with Crippen molar-refractivity contribution < 1.29 is 0 Å². The van der Waals surface area contributed by atoms with E-state index in [0.717, 1.165) is 13.0 Å². The first-order valence-corrected chi connectivity index (χ1v) is 4.19. The average Bonchev–Trinajstić information content (AvgIpc) is 2.10. The van der Waals surface area contributed by atoms with E-state index in [1.807, 2.05) is 0 Å². The summed E-state index contributed by atoms with van der Waals surface area (Å²) in [5.74, 6) is 0. The fourth-order valence-electron chi connectivity index (χ4n) is 1.11. The largest absolute Gasteiger partial charge is 0.369 e. The van der Waals surface area contributed by atoms with Gasteiger partial charge in [0.25, 0.3) is 0 Å². The fourth-order valence-corrected chi connectivity index (χ4v) is 1.11. The summed E-state index contributed by atoms with van der Waals surface area (Å²) < 4.78 is 0. The van der Waals surface area contributed by atoms with Gasteiger partial charge < -0.3 is 4.90 Å². The summed E-state index contributed by atoms with van der Waals surface area (Å²) >= 11 is 0. The van der Waals surface area contributed by atoms with Gasteiger partial charge in [-0.3, -0.25) is 0 Å². The lowest BCUT2D eigenvalue weighted by atomic mass is 10.1. The van der Waals surface area contributed by atoms with E-state index in [-0.39, 0.29) is 5.54 Å². The second-order valence-electron chi connectivity index (χ2n) is 3.92. The molecule has 0 aromatic heterocycles. The van der Waals surface area contributed by atoms with E-state index in [4.69, 9.17) is 0 Å². The average molecular weight is 151 g/mol. The molecular formula is C10H17N. The monoisotopic (exact) mass is 151 g/mol. The number of nitrogens with zero attached hydrogens (tertiary/aromatic N) is 1. The molecule has 0 saturated carbocycles. The van der Waals surface area contributed by atoms with E-state index >= 15 is 0 Å². The Hall–Kier alpha value is -0.720. The second kappa shape index (κ2) is 3.12. The maximum atomic E-state index is 2.34. The molecule has 0 amide bonds. The van der Waals surface area contributed by atoms with Crippen molar-refractivity contribution in [1.82, 2.24) is 4.90 Å². The molecule has 1 aliphatic rings. The van der Waals surface area contributed by atoms with Crippen molar-refractivity contribution in [2.45, 2.75) is 32.7 Å². The van der Waals surface area contributed by atoms with Crippen LogP contribution in [0.3, 0.4) is 0 Å². The SMILES string of the molecule is CC(C)(C)N1C=CCC=CC1. The summed E-state index contributed by atoms with van der Waals surface area (Å²) in [6, 6.07) is 0. The highest BCUT2D eigenvalue weighted by atomic mass is 15.2. The third-order valence-electron chi connectivity index (χ3n) is 1.89. The van der Waals surface area contributed by atoms with Crippen molar-refractivity contribution in [3.8, 4) is 0 Å². The lowest BCUT2D eigenvalue weighted by Crippen LogP contribution is -2.36. The van der Waals surface area contributed by atoms with Gasteiger partial charge in [0, 0.05) is 12.1 Å². The quantitative estimate of drug-likeness (QED) is 0.481. The van der Waals surface area contributed by atoms with Crippen LogP contribution in [0.25, 0.3) is 0 Å². The van der Waals surface area contributed by atoms with Crippen LogP contribution in [0.5, 0.6) is 0 Å². The van der Waals surface area contributed by atoms with Crippen LogP contribution < -0.4 is 0 Å². The molecule has 0 spiro atoms. The molecule has 0 fully saturated rings. The zero-order valence-corrected chi connectivity index (χ0v) is 7.67. The Bertz CT molecular complexity index is 172. The van der Waals surface area contributed by atoms with Crippen molar-refractivity contribution in [3.63, 3.8) is 0 Å². The van der Waals surface area contributed by atoms with Crippen LogP contribution in [0.15, 0.2) is 24.4 Å². The van der Waals surface area contributed by atoms with Crippen LogP contribution in [0.1, 0.15) is 27.2 Å². The van der Waals surface area contributed by atoms with Crippen molar-refractivity contribution in [1.29, 1.82) is 0 Å². The van der Waals surface area contributed by atoms with Crippen LogP contribution in [-0.2, 0) is 0 Å². The van der Waals surface area contributed by atoms with Crippen molar-refractivity contribution in [3.05, 3.63) is 24.4 Å². The lowest BCUT2D eigenvalue weighted by molar-refractivity contribution is 0.227.